The zero-order chi connectivity index (χ0) is 24.1. The lowest BCUT2D eigenvalue weighted by atomic mass is 10.0. The van der Waals surface area contributed by atoms with E-state index in [9.17, 15) is 14.2 Å². The van der Waals surface area contributed by atoms with Crippen molar-refractivity contribution in [2.24, 2.45) is 0 Å². The van der Waals surface area contributed by atoms with Crippen LogP contribution >= 0.6 is 7.60 Å². The molecule has 3 rings (SSSR count). The van der Waals surface area contributed by atoms with Crippen molar-refractivity contribution < 1.29 is 22.8 Å². The molecule has 0 saturated carbocycles. The summed E-state index contributed by atoms with van der Waals surface area (Å²) in [7, 11) is -5.84. The van der Waals surface area contributed by atoms with E-state index in [-0.39, 0.29) is 24.4 Å². The number of aromatic nitrogens is 2. The number of fused-ring (bicyclic) bond motifs is 4. The molecule has 180 valence electrons. The lowest BCUT2D eigenvalue weighted by molar-refractivity contribution is -0.000683. The molecule has 0 spiro atoms. The summed E-state index contributed by atoms with van der Waals surface area (Å²) >= 11 is 0. The Bertz CT molecular complexity index is 1060. The Morgan fingerprint density at radius 1 is 1.22 bits per heavy atom. The minimum absolute atomic E-state index is 0.0327. The van der Waals surface area contributed by atoms with Gasteiger partial charge in [0.05, 0.1) is 25.0 Å². The fraction of sp³-hybridized carbons (Fsp3) is 0.714. The molecule has 0 amide bonds. The number of H-pyrrole nitrogens is 1. The summed E-state index contributed by atoms with van der Waals surface area (Å²) in [5.74, 6) is 1.41. The van der Waals surface area contributed by atoms with Crippen LogP contribution in [0.5, 0.6) is 0 Å². The van der Waals surface area contributed by atoms with Gasteiger partial charge in [0.15, 0.2) is 8.32 Å². The fourth-order valence-electron chi connectivity index (χ4n) is 3.92. The third-order valence-corrected chi connectivity index (χ3v) is 12.8. The molecule has 1 aromatic rings. The van der Waals surface area contributed by atoms with Crippen LogP contribution in [0.4, 0.5) is 0 Å². The molecular formula is C21H35N2O7PSi. The number of hydrogen-bond donors (Lipinski definition) is 1. The van der Waals surface area contributed by atoms with Crippen molar-refractivity contribution in [3.8, 4) is 0 Å². The summed E-state index contributed by atoms with van der Waals surface area (Å²) in [6.07, 6.45) is -1.09. The van der Waals surface area contributed by atoms with Gasteiger partial charge in [0.25, 0.3) is 5.56 Å². The third-order valence-electron chi connectivity index (χ3n) is 6.49. The minimum Gasteiger partial charge on any atom is -0.411 e. The molecule has 1 saturated heterocycles. The molecule has 2 bridgehead atoms. The van der Waals surface area contributed by atoms with E-state index >= 15 is 0 Å². The van der Waals surface area contributed by atoms with Gasteiger partial charge in [0, 0.05) is 23.4 Å². The zero-order valence-corrected chi connectivity index (χ0v) is 22.1. The van der Waals surface area contributed by atoms with E-state index in [0.29, 0.717) is 23.3 Å². The summed E-state index contributed by atoms with van der Waals surface area (Å²) in [6.45, 7) is 16.2. The summed E-state index contributed by atoms with van der Waals surface area (Å²) in [5, 5.41) is -0.0327. The van der Waals surface area contributed by atoms with Gasteiger partial charge in [-0.2, -0.15) is 0 Å². The monoisotopic (exact) mass is 486 g/mol. The molecule has 1 unspecified atom stereocenters. The van der Waals surface area contributed by atoms with Crippen molar-refractivity contribution in [3.05, 3.63) is 37.9 Å². The fourth-order valence-corrected chi connectivity index (χ4v) is 6.81. The van der Waals surface area contributed by atoms with Crippen molar-refractivity contribution >= 4 is 21.5 Å². The normalized spacial score (nSPS) is 24.8. The molecule has 0 aliphatic carbocycles. The second-order valence-electron chi connectivity index (χ2n) is 9.73. The Morgan fingerprint density at radius 3 is 2.34 bits per heavy atom. The molecule has 11 heteroatoms. The van der Waals surface area contributed by atoms with Crippen molar-refractivity contribution in [1.82, 2.24) is 9.55 Å². The summed E-state index contributed by atoms with van der Waals surface area (Å²) in [5.41, 5.74) is 0.134. The summed E-state index contributed by atoms with van der Waals surface area (Å²) < 4.78 is 38.7. The molecule has 32 heavy (non-hydrogen) atoms. The predicted molar refractivity (Wildman–Crippen MR) is 125 cm³/mol. The average molecular weight is 487 g/mol. The Morgan fingerprint density at radius 2 is 1.81 bits per heavy atom. The molecule has 1 N–H and O–H groups in total. The van der Waals surface area contributed by atoms with Crippen LogP contribution in [0.2, 0.25) is 18.1 Å². The lowest BCUT2D eigenvalue weighted by Crippen LogP contribution is -2.46. The standard InChI is InChI=1S/C21H35N2O7PSi/c1-9-27-31(26,28-10-2)12-14-17-13(3)19(24)22-20(25)23(17)16-11-15(18(14)29-16)30-32(7,8)21(4,5)6/h12,15-16,18H,9-11H2,1-8H3,(H,22,24,25)/b14-12+/t15?,16-,18-/m1/s1. The van der Waals surface area contributed by atoms with E-state index in [1.54, 1.807) is 20.8 Å². The van der Waals surface area contributed by atoms with E-state index < -0.39 is 39.5 Å². The highest BCUT2D eigenvalue weighted by molar-refractivity contribution is 7.57. The van der Waals surface area contributed by atoms with Crippen LogP contribution in [0, 0.1) is 6.92 Å². The van der Waals surface area contributed by atoms with Gasteiger partial charge in [-0.05, 0) is 38.9 Å². The van der Waals surface area contributed by atoms with Crippen molar-refractivity contribution in [3.63, 3.8) is 0 Å². The second kappa shape index (κ2) is 8.81. The van der Waals surface area contributed by atoms with Crippen LogP contribution in [0.25, 0.3) is 5.57 Å². The molecule has 9 nitrogen and oxygen atoms in total. The minimum atomic E-state index is -3.65. The summed E-state index contributed by atoms with van der Waals surface area (Å²) in [6, 6.07) is 0. The number of rotatable bonds is 7. The molecule has 0 aromatic carbocycles. The van der Waals surface area contributed by atoms with Gasteiger partial charge in [-0.15, -0.1) is 0 Å². The van der Waals surface area contributed by atoms with Gasteiger partial charge in [0.1, 0.15) is 12.3 Å². The van der Waals surface area contributed by atoms with Gasteiger partial charge in [-0.3, -0.25) is 18.9 Å². The molecule has 2 aliphatic heterocycles. The highest BCUT2D eigenvalue weighted by Gasteiger charge is 2.50. The largest absolute Gasteiger partial charge is 0.411 e. The maximum Gasteiger partial charge on any atom is 0.354 e. The topological polar surface area (TPSA) is 109 Å². The van der Waals surface area contributed by atoms with Gasteiger partial charge < -0.3 is 18.2 Å². The van der Waals surface area contributed by atoms with Gasteiger partial charge >= 0.3 is 13.3 Å². The quantitative estimate of drug-likeness (QED) is 0.456. The Balaban J connectivity index is 2.21. The smallest absolute Gasteiger partial charge is 0.354 e. The molecule has 2 aliphatic rings. The van der Waals surface area contributed by atoms with E-state index in [1.807, 2.05) is 0 Å². The molecule has 3 atom stereocenters. The number of hydrogen-bond acceptors (Lipinski definition) is 7. The predicted octanol–water partition coefficient (Wildman–Crippen LogP) is 4.14. The molecule has 3 heterocycles. The first-order valence-electron chi connectivity index (χ1n) is 11.0. The van der Waals surface area contributed by atoms with E-state index in [4.69, 9.17) is 18.2 Å². The van der Waals surface area contributed by atoms with Crippen LogP contribution in [-0.2, 0) is 22.8 Å². The van der Waals surface area contributed by atoms with E-state index in [1.165, 1.54) is 10.4 Å². The maximum absolute atomic E-state index is 13.4. The number of ether oxygens (including phenoxy) is 1. The molecular weight excluding hydrogens is 451 g/mol. The SMILES string of the molecule is CCOP(=O)(/C=C1\c2c(C)c(=O)[nH]c(=O)n2[C@H]2CC(O[Si](C)(C)C(C)(C)C)[C@@H]1O2)OCC. The Labute approximate surface area is 189 Å². The molecule has 1 fully saturated rings. The van der Waals surface area contributed by atoms with Gasteiger partial charge in [-0.25, -0.2) is 4.79 Å². The molecule has 0 radical (unpaired) electrons. The van der Waals surface area contributed by atoms with Gasteiger partial charge in [0.2, 0.25) is 0 Å². The first-order chi connectivity index (χ1) is 14.7. The highest BCUT2D eigenvalue weighted by Crippen LogP contribution is 2.55. The third kappa shape index (κ3) is 4.54. The van der Waals surface area contributed by atoms with Gasteiger partial charge in [-0.1, -0.05) is 20.8 Å². The first-order valence-corrected chi connectivity index (χ1v) is 15.6. The van der Waals surface area contributed by atoms with Crippen LogP contribution in [0.1, 0.15) is 58.5 Å². The van der Waals surface area contributed by atoms with Crippen LogP contribution < -0.4 is 11.2 Å². The Hall–Kier alpha value is -1.29. The number of nitrogens with one attached hydrogen (secondary N) is 1. The number of nitrogens with zero attached hydrogens (tertiary/aromatic N) is 1. The Kier molecular flexibility index (Phi) is 6.98. The van der Waals surface area contributed by atoms with E-state index in [2.05, 4.69) is 38.8 Å². The van der Waals surface area contributed by atoms with Crippen LogP contribution in [0.3, 0.4) is 0 Å². The first kappa shape index (κ1) is 25.3. The van der Waals surface area contributed by atoms with Crippen LogP contribution in [-0.4, -0.2) is 43.3 Å². The van der Waals surface area contributed by atoms with Crippen molar-refractivity contribution in [1.29, 1.82) is 0 Å². The maximum atomic E-state index is 13.4. The second-order valence-corrected chi connectivity index (χ2v) is 16.3. The zero-order valence-electron chi connectivity index (χ0n) is 20.2. The average Bonchev–Trinajstić information content (AvgIpc) is 2.99. The van der Waals surface area contributed by atoms with Crippen LogP contribution in [0.15, 0.2) is 15.4 Å². The van der Waals surface area contributed by atoms with Crippen molar-refractivity contribution in [2.45, 2.75) is 84.5 Å². The van der Waals surface area contributed by atoms with Crippen molar-refractivity contribution in [2.75, 3.05) is 13.2 Å². The summed E-state index contributed by atoms with van der Waals surface area (Å²) in [4.78, 5) is 27.6. The highest BCUT2D eigenvalue weighted by atomic mass is 31.2. The lowest BCUT2D eigenvalue weighted by Gasteiger charge is -2.39. The molecule has 1 aromatic heterocycles. The van der Waals surface area contributed by atoms with E-state index in [0.717, 1.165) is 0 Å². The number of aromatic amines is 1.